The molecule has 1 aliphatic heterocycles. The Bertz CT molecular complexity index is 543. The number of thiophene rings is 1. The predicted molar refractivity (Wildman–Crippen MR) is 86.6 cm³/mol. The molecule has 7 heteroatoms. The van der Waals surface area contributed by atoms with E-state index in [-0.39, 0.29) is 18.4 Å². The van der Waals surface area contributed by atoms with Crippen LogP contribution in [-0.2, 0) is 6.54 Å². The van der Waals surface area contributed by atoms with Crippen molar-refractivity contribution < 1.29 is 4.52 Å². The maximum atomic E-state index is 6.09. The molecule has 1 aliphatic rings. The lowest BCUT2D eigenvalue weighted by molar-refractivity contribution is 0.109. The van der Waals surface area contributed by atoms with Crippen LogP contribution in [0, 0.1) is 0 Å². The van der Waals surface area contributed by atoms with E-state index in [4.69, 9.17) is 10.3 Å². The van der Waals surface area contributed by atoms with Crippen molar-refractivity contribution in [3.05, 3.63) is 22.7 Å². The van der Waals surface area contributed by atoms with Crippen molar-refractivity contribution in [2.45, 2.75) is 44.8 Å². The SMILES string of the molecule is CC(N)C1CCCCN1Cc1nc(-c2ccsc2)no1.Cl. The Hall–Kier alpha value is -0.950. The van der Waals surface area contributed by atoms with Crippen LogP contribution in [0.25, 0.3) is 11.4 Å². The molecule has 2 unspecified atom stereocenters. The molecule has 2 atom stereocenters. The Morgan fingerprint density at radius 3 is 3.10 bits per heavy atom. The lowest BCUT2D eigenvalue weighted by atomic mass is 9.97. The first-order valence-corrected chi connectivity index (χ1v) is 8.03. The molecule has 0 aromatic carbocycles. The van der Waals surface area contributed by atoms with Crippen molar-refractivity contribution in [3.8, 4) is 11.4 Å². The highest BCUT2D eigenvalue weighted by atomic mass is 35.5. The van der Waals surface area contributed by atoms with Crippen LogP contribution in [-0.4, -0.2) is 33.7 Å². The Morgan fingerprint density at radius 1 is 1.52 bits per heavy atom. The number of hydrogen-bond acceptors (Lipinski definition) is 6. The van der Waals surface area contributed by atoms with E-state index in [1.807, 2.05) is 16.8 Å². The molecular weight excluding hydrogens is 308 g/mol. The predicted octanol–water partition coefficient (Wildman–Crippen LogP) is 2.92. The zero-order chi connectivity index (χ0) is 13.9. The number of nitrogens with two attached hydrogens (primary N) is 1. The van der Waals surface area contributed by atoms with Gasteiger partial charge in [0.05, 0.1) is 6.54 Å². The summed E-state index contributed by atoms with van der Waals surface area (Å²) in [5.74, 6) is 1.36. The second-order valence-corrected chi connectivity index (χ2v) is 6.20. The molecule has 0 amide bonds. The number of hydrogen-bond donors (Lipinski definition) is 1. The summed E-state index contributed by atoms with van der Waals surface area (Å²) in [6.45, 7) is 3.83. The molecule has 2 aromatic rings. The van der Waals surface area contributed by atoms with Crippen LogP contribution in [0.15, 0.2) is 21.3 Å². The van der Waals surface area contributed by atoms with Gasteiger partial charge >= 0.3 is 0 Å². The Labute approximate surface area is 134 Å². The Balaban J connectivity index is 0.00000161. The van der Waals surface area contributed by atoms with Crippen LogP contribution in [0.5, 0.6) is 0 Å². The quantitative estimate of drug-likeness (QED) is 0.934. The van der Waals surface area contributed by atoms with Crippen molar-refractivity contribution in [1.29, 1.82) is 0 Å². The fourth-order valence-corrected chi connectivity index (χ4v) is 3.44. The van der Waals surface area contributed by atoms with Crippen LogP contribution < -0.4 is 5.73 Å². The standard InChI is InChI=1S/C14H20N4OS.ClH/c1-10(15)12-4-2-3-6-18(12)8-13-16-14(17-19-13)11-5-7-20-9-11;/h5,7,9-10,12H,2-4,6,8,15H2,1H3;1H. The highest BCUT2D eigenvalue weighted by molar-refractivity contribution is 7.08. The Kier molecular flexibility index (Phi) is 5.75. The molecule has 2 N–H and O–H groups in total. The van der Waals surface area contributed by atoms with E-state index in [2.05, 4.69) is 22.0 Å². The number of aromatic nitrogens is 2. The van der Waals surface area contributed by atoms with E-state index >= 15 is 0 Å². The van der Waals surface area contributed by atoms with Gasteiger partial charge in [-0.05, 0) is 37.8 Å². The van der Waals surface area contributed by atoms with Gasteiger partial charge in [0.15, 0.2) is 0 Å². The molecule has 1 saturated heterocycles. The molecule has 5 nitrogen and oxygen atoms in total. The molecule has 0 bridgehead atoms. The van der Waals surface area contributed by atoms with Gasteiger partial charge in [0, 0.05) is 23.0 Å². The van der Waals surface area contributed by atoms with Gasteiger partial charge in [-0.15, -0.1) is 12.4 Å². The smallest absolute Gasteiger partial charge is 0.241 e. The van der Waals surface area contributed by atoms with Gasteiger partial charge in [-0.25, -0.2) is 0 Å². The molecular formula is C14H21ClN4OS. The average molecular weight is 329 g/mol. The van der Waals surface area contributed by atoms with Gasteiger partial charge in [0.1, 0.15) is 0 Å². The summed E-state index contributed by atoms with van der Waals surface area (Å²) in [6, 6.07) is 2.60. The summed E-state index contributed by atoms with van der Waals surface area (Å²) < 4.78 is 5.38. The zero-order valence-corrected chi connectivity index (χ0v) is 13.7. The van der Waals surface area contributed by atoms with Crippen molar-refractivity contribution in [3.63, 3.8) is 0 Å². The molecule has 2 aromatic heterocycles. The summed E-state index contributed by atoms with van der Waals surface area (Å²) in [5, 5.41) is 8.10. The second kappa shape index (κ2) is 7.35. The van der Waals surface area contributed by atoms with Gasteiger partial charge in [0.25, 0.3) is 0 Å². The second-order valence-electron chi connectivity index (χ2n) is 5.42. The number of nitrogens with zero attached hydrogens (tertiary/aromatic N) is 3. The number of likely N-dealkylation sites (tertiary alicyclic amines) is 1. The molecule has 0 aliphatic carbocycles. The zero-order valence-electron chi connectivity index (χ0n) is 12.1. The third-order valence-electron chi connectivity index (χ3n) is 3.86. The van der Waals surface area contributed by atoms with Crippen LogP contribution >= 0.6 is 23.7 Å². The van der Waals surface area contributed by atoms with Gasteiger partial charge in [-0.2, -0.15) is 16.3 Å². The highest BCUT2D eigenvalue weighted by Crippen LogP contribution is 2.23. The lowest BCUT2D eigenvalue weighted by Gasteiger charge is -2.37. The summed E-state index contributed by atoms with van der Waals surface area (Å²) in [7, 11) is 0. The van der Waals surface area contributed by atoms with Gasteiger partial charge in [0.2, 0.25) is 11.7 Å². The van der Waals surface area contributed by atoms with Crippen molar-refractivity contribution in [2.24, 2.45) is 5.73 Å². The third-order valence-corrected chi connectivity index (χ3v) is 4.54. The molecule has 21 heavy (non-hydrogen) atoms. The topological polar surface area (TPSA) is 68.2 Å². The average Bonchev–Trinajstić information content (AvgIpc) is 3.09. The largest absolute Gasteiger partial charge is 0.338 e. The molecule has 3 rings (SSSR count). The molecule has 0 radical (unpaired) electrons. The maximum absolute atomic E-state index is 6.09. The van der Waals surface area contributed by atoms with E-state index in [1.165, 1.54) is 12.8 Å². The minimum atomic E-state index is 0. The van der Waals surface area contributed by atoms with Crippen LogP contribution in [0.1, 0.15) is 32.1 Å². The van der Waals surface area contributed by atoms with Crippen LogP contribution in [0.4, 0.5) is 0 Å². The first-order valence-electron chi connectivity index (χ1n) is 7.09. The van der Waals surface area contributed by atoms with E-state index in [1.54, 1.807) is 11.3 Å². The summed E-state index contributed by atoms with van der Waals surface area (Å²) in [5.41, 5.74) is 7.11. The highest BCUT2D eigenvalue weighted by Gasteiger charge is 2.26. The van der Waals surface area contributed by atoms with Gasteiger partial charge in [-0.3, -0.25) is 4.90 Å². The van der Waals surface area contributed by atoms with Crippen molar-refractivity contribution >= 4 is 23.7 Å². The fourth-order valence-electron chi connectivity index (χ4n) is 2.81. The fraction of sp³-hybridized carbons (Fsp3) is 0.571. The Morgan fingerprint density at radius 2 is 2.38 bits per heavy atom. The third kappa shape index (κ3) is 3.83. The van der Waals surface area contributed by atoms with Crippen molar-refractivity contribution in [1.82, 2.24) is 15.0 Å². The summed E-state index contributed by atoms with van der Waals surface area (Å²) in [6.07, 6.45) is 3.63. The normalized spacial score (nSPS) is 21.0. The van der Waals surface area contributed by atoms with E-state index in [9.17, 15) is 0 Å². The van der Waals surface area contributed by atoms with E-state index in [0.717, 1.165) is 18.5 Å². The minimum Gasteiger partial charge on any atom is -0.338 e. The first kappa shape index (κ1) is 16.4. The molecule has 0 spiro atoms. The van der Waals surface area contributed by atoms with Gasteiger partial charge in [-0.1, -0.05) is 11.6 Å². The molecule has 3 heterocycles. The number of halogens is 1. The monoisotopic (exact) mass is 328 g/mol. The number of rotatable bonds is 4. The minimum absolute atomic E-state index is 0. The summed E-state index contributed by atoms with van der Waals surface area (Å²) in [4.78, 5) is 6.86. The molecule has 0 saturated carbocycles. The van der Waals surface area contributed by atoms with Crippen LogP contribution in [0.2, 0.25) is 0 Å². The molecule has 116 valence electrons. The number of piperidine rings is 1. The van der Waals surface area contributed by atoms with E-state index in [0.29, 0.717) is 24.3 Å². The first-order chi connectivity index (χ1) is 9.74. The van der Waals surface area contributed by atoms with Crippen molar-refractivity contribution in [2.75, 3.05) is 6.54 Å². The lowest BCUT2D eigenvalue weighted by Crippen LogP contribution is -2.48. The summed E-state index contributed by atoms with van der Waals surface area (Å²) >= 11 is 1.64. The van der Waals surface area contributed by atoms with Gasteiger partial charge < -0.3 is 10.3 Å². The van der Waals surface area contributed by atoms with Crippen LogP contribution in [0.3, 0.4) is 0 Å². The molecule has 1 fully saturated rings. The maximum Gasteiger partial charge on any atom is 0.241 e. The van der Waals surface area contributed by atoms with E-state index < -0.39 is 0 Å².